The predicted octanol–water partition coefficient (Wildman–Crippen LogP) is 6.03. The van der Waals surface area contributed by atoms with Gasteiger partial charge < -0.3 is 20.1 Å². The topological polar surface area (TPSA) is 99.2 Å². The first-order valence-electron chi connectivity index (χ1n) is 13.6. The molecule has 1 heterocycles. The number of ketones is 1. The van der Waals surface area contributed by atoms with Gasteiger partial charge in [0.25, 0.3) is 11.7 Å². The van der Waals surface area contributed by atoms with Crippen molar-refractivity contribution in [2.75, 3.05) is 35.8 Å². The highest BCUT2D eigenvalue weighted by Gasteiger charge is 2.47. The summed E-state index contributed by atoms with van der Waals surface area (Å²) in [4.78, 5) is 42.3. The summed E-state index contributed by atoms with van der Waals surface area (Å²) >= 11 is 0. The Morgan fingerprint density at radius 1 is 1.02 bits per heavy atom. The number of nitrogens with one attached hydrogen (secondary N) is 1. The zero-order chi connectivity index (χ0) is 30.1. The minimum absolute atomic E-state index is 0.0125. The third-order valence-corrected chi connectivity index (χ3v) is 6.98. The third-order valence-electron chi connectivity index (χ3n) is 6.98. The van der Waals surface area contributed by atoms with Crippen LogP contribution in [0.15, 0.2) is 72.3 Å². The Hall–Kier alpha value is -4.59. The van der Waals surface area contributed by atoms with E-state index in [1.807, 2.05) is 77.0 Å². The molecule has 4 rings (SSSR count). The van der Waals surface area contributed by atoms with E-state index in [2.05, 4.69) is 5.32 Å². The molecular weight excluding hydrogens is 518 g/mol. The van der Waals surface area contributed by atoms with Gasteiger partial charge in [-0.05, 0) is 66.4 Å². The van der Waals surface area contributed by atoms with Gasteiger partial charge in [-0.25, -0.2) is 0 Å². The third kappa shape index (κ3) is 5.96. The highest BCUT2D eigenvalue weighted by molar-refractivity contribution is 6.51. The molecule has 2 N–H and O–H groups in total. The lowest BCUT2D eigenvalue weighted by atomic mass is 9.84. The zero-order valence-electron chi connectivity index (χ0n) is 24.6. The molecule has 2 amide bonds. The molecule has 8 heteroatoms. The van der Waals surface area contributed by atoms with Gasteiger partial charge in [-0.3, -0.25) is 19.3 Å². The Morgan fingerprint density at radius 2 is 1.71 bits per heavy atom. The van der Waals surface area contributed by atoms with Crippen LogP contribution in [0.4, 0.5) is 17.1 Å². The Kier molecular flexibility index (Phi) is 8.24. The lowest BCUT2D eigenvalue weighted by Crippen LogP contribution is -2.29. The molecule has 1 saturated heterocycles. The molecule has 0 spiro atoms. The molecule has 1 atom stereocenters. The second kappa shape index (κ2) is 11.5. The molecule has 8 nitrogen and oxygen atoms in total. The average molecular weight is 556 g/mol. The van der Waals surface area contributed by atoms with Crippen LogP contribution in [-0.4, -0.2) is 43.4 Å². The first kappa shape index (κ1) is 29.4. The van der Waals surface area contributed by atoms with Crippen LogP contribution in [0.25, 0.3) is 5.76 Å². The summed E-state index contributed by atoms with van der Waals surface area (Å²) in [7, 11) is 3.85. The highest BCUT2D eigenvalue weighted by atomic mass is 16.5. The number of rotatable bonds is 7. The number of hydrogen-bond acceptors (Lipinski definition) is 6. The number of carbonyl (C=O) groups is 3. The quantitative estimate of drug-likeness (QED) is 0.210. The lowest BCUT2D eigenvalue weighted by Gasteiger charge is -2.27. The molecule has 0 radical (unpaired) electrons. The zero-order valence-corrected chi connectivity index (χ0v) is 24.6. The van der Waals surface area contributed by atoms with Gasteiger partial charge in [-0.2, -0.15) is 0 Å². The van der Waals surface area contributed by atoms with E-state index in [0.717, 1.165) is 11.3 Å². The molecule has 0 aromatic heterocycles. The van der Waals surface area contributed by atoms with E-state index in [-0.39, 0.29) is 22.7 Å². The van der Waals surface area contributed by atoms with E-state index in [4.69, 9.17) is 4.74 Å². The van der Waals surface area contributed by atoms with Crippen LogP contribution in [0.1, 0.15) is 57.4 Å². The van der Waals surface area contributed by atoms with Gasteiger partial charge in [0.2, 0.25) is 5.91 Å². The van der Waals surface area contributed by atoms with Gasteiger partial charge in [0.1, 0.15) is 11.5 Å². The van der Waals surface area contributed by atoms with E-state index in [0.29, 0.717) is 34.9 Å². The summed E-state index contributed by atoms with van der Waals surface area (Å²) in [5, 5.41) is 14.4. The average Bonchev–Trinajstić information content (AvgIpc) is 3.18. The van der Waals surface area contributed by atoms with Crippen molar-refractivity contribution < 1.29 is 24.2 Å². The van der Waals surface area contributed by atoms with E-state index in [1.165, 1.54) is 11.8 Å². The Labute approximate surface area is 241 Å². The maximum Gasteiger partial charge on any atom is 0.300 e. The fourth-order valence-electron chi connectivity index (χ4n) is 5.01. The van der Waals surface area contributed by atoms with Crippen molar-refractivity contribution in [2.24, 2.45) is 0 Å². The Morgan fingerprint density at radius 3 is 2.29 bits per heavy atom. The molecule has 1 aliphatic heterocycles. The molecular formula is C33H37N3O5. The minimum atomic E-state index is -0.900. The van der Waals surface area contributed by atoms with Gasteiger partial charge in [0, 0.05) is 49.2 Å². The fourth-order valence-corrected chi connectivity index (χ4v) is 5.01. The number of hydrogen-bond donors (Lipinski definition) is 2. The number of carbonyl (C=O) groups excluding carboxylic acids is 3. The Balaban J connectivity index is 1.94. The van der Waals surface area contributed by atoms with Crippen molar-refractivity contribution in [2.45, 2.75) is 46.1 Å². The second-order valence-corrected chi connectivity index (χ2v) is 11.3. The molecule has 3 aromatic rings. The number of amides is 2. The van der Waals surface area contributed by atoms with Crippen molar-refractivity contribution in [1.82, 2.24) is 0 Å². The molecule has 0 aliphatic carbocycles. The SMILES string of the molecule is CCOc1ccc(/C(O)=C2/C(=O)C(=O)N(c3cccc(NC(C)=O)c3)C2c2ccc(N(C)C)cc2)cc1C(C)(C)C. The summed E-state index contributed by atoms with van der Waals surface area (Å²) in [6.45, 7) is 9.92. The van der Waals surface area contributed by atoms with Crippen LogP contribution >= 0.6 is 0 Å². The first-order valence-corrected chi connectivity index (χ1v) is 13.6. The van der Waals surface area contributed by atoms with Crippen LogP contribution in [-0.2, 0) is 19.8 Å². The monoisotopic (exact) mass is 555 g/mol. The van der Waals surface area contributed by atoms with Crippen LogP contribution in [0, 0.1) is 0 Å². The lowest BCUT2D eigenvalue weighted by molar-refractivity contribution is -0.132. The molecule has 1 fully saturated rings. The van der Waals surface area contributed by atoms with Crippen LogP contribution in [0.5, 0.6) is 5.75 Å². The van der Waals surface area contributed by atoms with Gasteiger partial charge in [-0.1, -0.05) is 39.0 Å². The predicted molar refractivity (Wildman–Crippen MR) is 163 cm³/mol. The summed E-state index contributed by atoms with van der Waals surface area (Å²) < 4.78 is 5.84. The van der Waals surface area contributed by atoms with Crippen molar-refractivity contribution in [1.29, 1.82) is 0 Å². The van der Waals surface area contributed by atoms with E-state index >= 15 is 0 Å². The van der Waals surface area contributed by atoms with Crippen molar-refractivity contribution >= 4 is 40.4 Å². The minimum Gasteiger partial charge on any atom is -0.507 e. The van der Waals surface area contributed by atoms with Crippen LogP contribution < -0.4 is 19.9 Å². The van der Waals surface area contributed by atoms with Gasteiger partial charge in [0.15, 0.2) is 0 Å². The highest BCUT2D eigenvalue weighted by Crippen LogP contribution is 2.44. The van der Waals surface area contributed by atoms with Crippen molar-refractivity contribution in [3.05, 3.63) is 89.0 Å². The molecule has 41 heavy (non-hydrogen) atoms. The van der Waals surface area contributed by atoms with E-state index in [9.17, 15) is 19.5 Å². The largest absolute Gasteiger partial charge is 0.507 e. The molecule has 0 saturated carbocycles. The number of aliphatic hydroxyl groups is 1. The fraction of sp³-hybridized carbons (Fsp3) is 0.303. The molecule has 0 bridgehead atoms. The number of aliphatic hydroxyl groups excluding tert-OH is 1. The van der Waals surface area contributed by atoms with Crippen molar-refractivity contribution in [3.8, 4) is 5.75 Å². The van der Waals surface area contributed by atoms with Gasteiger partial charge >= 0.3 is 0 Å². The van der Waals surface area contributed by atoms with Crippen molar-refractivity contribution in [3.63, 3.8) is 0 Å². The standard InChI is InChI=1S/C33H37N3O5/c1-8-41-27-17-14-22(18-26(27)33(3,4)5)30(38)28-29(21-12-15-24(16-13-21)35(6)7)36(32(40)31(28)39)25-11-9-10-23(19-25)34-20(2)37/h9-19,29,38H,8H2,1-7H3,(H,34,37)/b30-28-. The van der Waals surface area contributed by atoms with Crippen LogP contribution in [0.3, 0.4) is 0 Å². The molecule has 214 valence electrons. The number of nitrogens with zero attached hydrogens (tertiary/aromatic N) is 2. The van der Waals surface area contributed by atoms with E-state index in [1.54, 1.807) is 36.4 Å². The van der Waals surface area contributed by atoms with Gasteiger partial charge in [0.05, 0.1) is 18.2 Å². The Bertz CT molecular complexity index is 1520. The van der Waals surface area contributed by atoms with E-state index < -0.39 is 17.7 Å². The number of benzene rings is 3. The summed E-state index contributed by atoms with van der Waals surface area (Å²) in [5.74, 6) is -1.39. The van der Waals surface area contributed by atoms with Gasteiger partial charge in [-0.15, -0.1) is 0 Å². The second-order valence-electron chi connectivity index (χ2n) is 11.3. The summed E-state index contributed by atoms with van der Waals surface area (Å²) in [6, 6.07) is 18.7. The molecule has 1 aliphatic rings. The van der Waals surface area contributed by atoms with Crippen LogP contribution in [0.2, 0.25) is 0 Å². The maximum absolute atomic E-state index is 13.7. The summed E-state index contributed by atoms with van der Waals surface area (Å²) in [6.07, 6.45) is 0. The smallest absolute Gasteiger partial charge is 0.300 e. The molecule has 1 unspecified atom stereocenters. The maximum atomic E-state index is 13.7. The number of ether oxygens (including phenoxy) is 1. The normalized spacial score (nSPS) is 16.6. The molecule has 3 aromatic carbocycles. The first-order chi connectivity index (χ1) is 19.3. The number of anilines is 3. The number of Topliss-reactive ketones (excluding diaryl/α,β-unsaturated/α-hetero) is 1. The summed E-state index contributed by atoms with van der Waals surface area (Å²) in [5.41, 5.74) is 3.47.